The Morgan fingerprint density at radius 2 is 1.44 bits per heavy atom. The largest absolute Gasteiger partial charge is 0.423 e. The van der Waals surface area contributed by atoms with Gasteiger partial charge < -0.3 is 10.5 Å². The maximum absolute atomic E-state index is 12.4. The molecule has 0 unspecified atom stereocenters. The van der Waals surface area contributed by atoms with Gasteiger partial charge in [0.15, 0.2) is 0 Å². The van der Waals surface area contributed by atoms with Crippen molar-refractivity contribution in [2.75, 3.05) is 5.73 Å². The van der Waals surface area contributed by atoms with Gasteiger partial charge in [-0.2, -0.15) is 0 Å². The van der Waals surface area contributed by atoms with E-state index in [-0.39, 0.29) is 16.8 Å². The molecule has 0 fully saturated rings. The topological polar surface area (TPSA) is 52.3 Å². The van der Waals surface area contributed by atoms with Crippen molar-refractivity contribution in [1.29, 1.82) is 0 Å². The fourth-order valence-electron chi connectivity index (χ4n) is 4.99. The van der Waals surface area contributed by atoms with Crippen LogP contribution >= 0.6 is 0 Å². The number of carbonyl (C=O) groups excluding carboxylic acids is 1. The van der Waals surface area contributed by atoms with Gasteiger partial charge in [-0.25, -0.2) is 4.79 Å². The van der Waals surface area contributed by atoms with Crippen LogP contribution in [0.5, 0.6) is 5.75 Å². The highest BCUT2D eigenvalue weighted by Gasteiger charge is 2.41. The predicted molar refractivity (Wildman–Crippen MR) is 133 cm³/mol. The van der Waals surface area contributed by atoms with Crippen molar-refractivity contribution in [1.82, 2.24) is 0 Å². The highest BCUT2D eigenvalue weighted by molar-refractivity contribution is 5.91. The molecule has 3 aromatic carbocycles. The molecule has 0 heterocycles. The molecule has 0 saturated carbocycles. The van der Waals surface area contributed by atoms with E-state index in [0.717, 1.165) is 12.0 Å². The van der Waals surface area contributed by atoms with Gasteiger partial charge in [-0.15, -0.1) is 0 Å². The molecule has 3 heteroatoms. The van der Waals surface area contributed by atoms with Crippen LogP contribution in [-0.4, -0.2) is 5.97 Å². The number of anilines is 1. The highest BCUT2D eigenvalue weighted by atomic mass is 16.5. The third kappa shape index (κ3) is 4.34. The Kier molecular flexibility index (Phi) is 5.46. The van der Waals surface area contributed by atoms with Crippen molar-refractivity contribution < 1.29 is 9.53 Å². The summed E-state index contributed by atoms with van der Waals surface area (Å²) in [5.41, 5.74) is 13.6. The van der Waals surface area contributed by atoms with Gasteiger partial charge in [0, 0.05) is 5.69 Å². The van der Waals surface area contributed by atoms with Gasteiger partial charge in [-0.05, 0) is 88.4 Å². The van der Waals surface area contributed by atoms with Crippen molar-refractivity contribution in [2.24, 2.45) is 0 Å². The summed E-state index contributed by atoms with van der Waals surface area (Å²) in [6.45, 7) is 11.5. The molecular weight excluding hydrogens is 394 g/mol. The first-order valence-corrected chi connectivity index (χ1v) is 11.1. The fourth-order valence-corrected chi connectivity index (χ4v) is 4.99. The van der Waals surface area contributed by atoms with E-state index in [4.69, 9.17) is 10.5 Å². The first-order valence-electron chi connectivity index (χ1n) is 11.1. The van der Waals surface area contributed by atoms with E-state index in [9.17, 15) is 4.79 Å². The number of carbonyl (C=O) groups is 1. The van der Waals surface area contributed by atoms with E-state index in [1.807, 2.05) is 12.1 Å². The molecule has 0 aromatic heterocycles. The van der Waals surface area contributed by atoms with Crippen LogP contribution in [0.1, 0.15) is 73.7 Å². The van der Waals surface area contributed by atoms with Crippen LogP contribution in [0.25, 0.3) is 11.6 Å². The number of ether oxygens (including phenoxy) is 1. The van der Waals surface area contributed by atoms with E-state index in [0.29, 0.717) is 17.0 Å². The van der Waals surface area contributed by atoms with Crippen molar-refractivity contribution in [2.45, 2.75) is 51.9 Å². The summed E-state index contributed by atoms with van der Waals surface area (Å²) >= 11 is 0. The summed E-state index contributed by atoms with van der Waals surface area (Å²) in [5, 5.41) is 0. The van der Waals surface area contributed by atoms with Gasteiger partial charge in [0.2, 0.25) is 0 Å². The van der Waals surface area contributed by atoms with Gasteiger partial charge in [-0.1, -0.05) is 64.1 Å². The number of hydrogen-bond donors (Lipinski definition) is 1. The summed E-state index contributed by atoms with van der Waals surface area (Å²) in [6, 6.07) is 21.2. The zero-order valence-corrected chi connectivity index (χ0v) is 19.5. The first kappa shape index (κ1) is 21.9. The lowest BCUT2D eigenvalue weighted by atomic mass is 9.82. The number of nitrogens with two attached hydrogens (primary N) is 1. The lowest BCUT2D eigenvalue weighted by molar-refractivity contribution is 0.0735. The Bertz CT molecular complexity index is 1180. The Labute approximate surface area is 190 Å². The van der Waals surface area contributed by atoms with E-state index in [2.05, 4.69) is 58.9 Å². The Hall–Kier alpha value is -3.33. The second kappa shape index (κ2) is 7.98. The molecule has 0 spiro atoms. The fraction of sp³-hybridized carbons (Fsp3) is 0.276. The summed E-state index contributed by atoms with van der Waals surface area (Å²) < 4.78 is 5.41. The standard InChI is InChI=1S/C29H31NO2/c1-19(22-10-15-25-26(17-22)29(4,5)18-28(25,2)3)16-20-6-8-21(9-7-20)27(31)32-24-13-11-23(30)12-14-24/h6-17H,18,30H2,1-5H3. The average molecular weight is 426 g/mol. The summed E-state index contributed by atoms with van der Waals surface area (Å²) in [4.78, 5) is 12.4. The van der Waals surface area contributed by atoms with Crippen LogP contribution in [0, 0.1) is 0 Å². The number of fused-ring (bicyclic) bond motifs is 1. The third-order valence-corrected chi connectivity index (χ3v) is 6.44. The number of rotatable bonds is 4. The zero-order valence-electron chi connectivity index (χ0n) is 19.5. The van der Waals surface area contributed by atoms with Crippen LogP contribution in [-0.2, 0) is 10.8 Å². The third-order valence-electron chi connectivity index (χ3n) is 6.44. The number of hydrogen-bond acceptors (Lipinski definition) is 3. The quantitative estimate of drug-likeness (QED) is 0.212. The van der Waals surface area contributed by atoms with Gasteiger partial charge in [0.25, 0.3) is 0 Å². The minimum atomic E-state index is -0.384. The normalized spacial score (nSPS) is 16.5. The first-order chi connectivity index (χ1) is 15.0. The molecule has 0 atom stereocenters. The number of nitrogen functional groups attached to an aromatic ring is 1. The number of benzene rings is 3. The van der Waals surface area contributed by atoms with Crippen molar-refractivity contribution in [3.63, 3.8) is 0 Å². The molecule has 164 valence electrons. The van der Waals surface area contributed by atoms with Gasteiger partial charge in [0.1, 0.15) is 5.75 Å². The van der Waals surface area contributed by atoms with Crippen LogP contribution in [0.3, 0.4) is 0 Å². The molecule has 0 bridgehead atoms. The van der Waals surface area contributed by atoms with Gasteiger partial charge in [0.05, 0.1) is 5.56 Å². The SMILES string of the molecule is CC(=Cc1ccc(C(=O)Oc2ccc(N)cc2)cc1)c1ccc2c(c1)C(C)(C)CC2(C)C. The molecule has 0 saturated heterocycles. The molecule has 32 heavy (non-hydrogen) atoms. The van der Waals surface area contributed by atoms with Crippen molar-refractivity contribution in [3.05, 3.63) is 94.5 Å². The molecular formula is C29H31NO2. The molecule has 3 aromatic rings. The molecule has 4 rings (SSSR count). The smallest absolute Gasteiger partial charge is 0.343 e. The van der Waals surface area contributed by atoms with Crippen LogP contribution in [0.4, 0.5) is 5.69 Å². The Balaban J connectivity index is 1.52. The molecule has 3 nitrogen and oxygen atoms in total. The second-order valence-corrected chi connectivity index (χ2v) is 10.1. The zero-order chi connectivity index (χ0) is 23.1. The molecule has 1 aliphatic carbocycles. The van der Waals surface area contributed by atoms with Gasteiger partial charge in [-0.3, -0.25) is 0 Å². The number of allylic oxidation sites excluding steroid dienone is 1. The van der Waals surface area contributed by atoms with Crippen LogP contribution in [0.2, 0.25) is 0 Å². The lowest BCUT2D eigenvalue weighted by Gasteiger charge is -2.22. The molecule has 0 amide bonds. The minimum absolute atomic E-state index is 0.182. The van der Waals surface area contributed by atoms with E-state index in [1.165, 1.54) is 22.3 Å². The molecule has 1 aliphatic rings. The Morgan fingerprint density at radius 3 is 2.09 bits per heavy atom. The predicted octanol–water partition coefficient (Wildman–Crippen LogP) is 7.01. The lowest BCUT2D eigenvalue weighted by Crippen LogP contribution is -2.17. The summed E-state index contributed by atoms with van der Waals surface area (Å²) in [7, 11) is 0. The van der Waals surface area contributed by atoms with E-state index in [1.54, 1.807) is 36.4 Å². The van der Waals surface area contributed by atoms with Crippen LogP contribution < -0.4 is 10.5 Å². The molecule has 0 radical (unpaired) electrons. The monoisotopic (exact) mass is 425 g/mol. The second-order valence-electron chi connectivity index (χ2n) is 10.1. The molecule has 2 N–H and O–H groups in total. The maximum atomic E-state index is 12.4. The minimum Gasteiger partial charge on any atom is -0.423 e. The van der Waals surface area contributed by atoms with Crippen LogP contribution in [0.15, 0.2) is 66.7 Å². The molecule has 0 aliphatic heterocycles. The average Bonchev–Trinajstić information content (AvgIpc) is 2.93. The Morgan fingerprint density at radius 1 is 0.844 bits per heavy atom. The number of esters is 1. The van der Waals surface area contributed by atoms with Gasteiger partial charge >= 0.3 is 5.97 Å². The van der Waals surface area contributed by atoms with E-state index >= 15 is 0 Å². The van der Waals surface area contributed by atoms with E-state index < -0.39 is 0 Å². The van der Waals surface area contributed by atoms with Crippen molar-refractivity contribution >= 4 is 23.3 Å². The summed E-state index contributed by atoms with van der Waals surface area (Å²) in [6.07, 6.45) is 3.32. The van der Waals surface area contributed by atoms with Crippen molar-refractivity contribution in [3.8, 4) is 5.75 Å². The maximum Gasteiger partial charge on any atom is 0.343 e. The highest BCUT2D eigenvalue weighted by Crippen LogP contribution is 2.49. The summed E-state index contributed by atoms with van der Waals surface area (Å²) in [5.74, 6) is 0.0946.